The molecule has 2 amide bonds. The Kier molecular flexibility index (Phi) is 7.68. The Morgan fingerprint density at radius 2 is 1.68 bits per heavy atom. The van der Waals surface area contributed by atoms with Gasteiger partial charge in [-0.1, -0.05) is 6.07 Å². The minimum absolute atomic E-state index is 0.0364. The maximum atomic E-state index is 12.4. The first-order valence-corrected chi connectivity index (χ1v) is 8.85. The topological polar surface area (TPSA) is 77.1 Å². The second-order valence-corrected chi connectivity index (χ2v) is 6.21. The molecule has 0 saturated carbocycles. The van der Waals surface area contributed by atoms with Crippen LogP contribution >= 0.6 is 0 Å². The van der Waals surface area contributed by atoms with Crippen LogP contribution in [-0.2, 0) is 16.0 Å². The molecule has 2 rings (SSSR count). The van der Waals surface area contributed by atoms with E-state index in [1.807, 2.05) is 12.1 Å². The molecule has 0 aliphatic carbocycles. The van der Waals surface area contributed by atoms with Crippen LogP contribution in [0.3, 0.4) is 0 Å². The molecule has 0 atom stereocenters. The Morgan fingerprint density at radius 3 is 2.36 bits per heavy atom. The van der Waals surface area contributed by atoms with E-state index in [1.165, 1.54) is 4.90 Å². The molecule has 0 radical (unpaired) electrons. The molecule has 0 aliphatic heterocycles. The van der Waals surface area contributed by atoms with E-state index in [0.29, 0.717) is 29.4 Å². The molecule has 2 aromatic carbocycles. The smallest absolute Gasteiger partial charge is 0.243 e. The highest BCUT2D eigenvalue weighted by atomic mass is 16.5. The molecule has 28 heavy (non-hydrogen) atoms. The van der Waals surface area contributed by atoms with Crippen molar-refractivity contribution in [2.75, 3.05) is 40.2 Å². The Bertz CT molecular complexity index is 822. The van der Waals surface area contributed by atoms with Gasteiger partial charge in [-0.3, -0.25) is 9.59 Å². The van der Waals surface area contributed by atoms with Crippen molar-refractivity contribution in [3.05, 3.63) is 48.0 Å². The SMILES string of the molecule is COc1cccc(NC(=O)CN(C)C(=O)CCc2cc(OC)ccc2OC)c1. The second kappa shape index (κ2) is 10.2. The first-order chi connectivity index (χ1) is 13.5. The zero-order valence-corrected chi connectivity index (χ0v) is 16.7. The predicted molar refractivity (Wildman–Crippen MR) is 107 cm³/mol. The third-order valence-corrected chi connectivity index (χ3v) is 4.26. The summed E-state index contributed by atoms with van der Waals surface area (Å²) in [5.74, 6) is 1.64. The van der Waals surface area contributed by atoms with Gasteiger partial charge in [0.15, 0.2) is 0 Å². The molecule has 0 heterocycles. The molecule has 0 aliphatic rings. The molecule has 1 N–H and O–H groups in total. The molecule has 0 bridgehead atoms. The Hall–Kier alpha value is -3.22. The Morgan fingerprint density at radius 1 is 0.964 bits per heavy atom. The summed E-state index contributed by atoms with van der Waals surface area (Å²) in [5.41, 5.74) is 1.50. The number of carbonyl (C=O) groups is 2. The van der Waals surface area contributed by atoms with Crippen LogP contribution in [0.1, 0.15) is 12.0 Å². The summed E-state index contributed by atoms with van der Waals surface area (Å²) >= 11 is 0. The van der Waals surface area contributed by atoms with Crippen molar-refractivity contribution in [1.29, 1.82) is 0 Å². The number of carbonyl (C=O) groups excluding carboxylic acids is 2. The number of benzene rings is 2. The monoisotopic (exact) mass is 386 g/mol. The van der Waals surface area contributed by atoms with Crippen LogP contribution < -0.4 is 19.5 Å². The number of hydrogen-bond donors (Lipinski definition) is 1. The first kappa shape index (κ1) is 21.1. The van der Waals surface area contributed by atoms with Crippen molar-refractivity contribution in [1.82, 2.24) is 4.90 Å². The third kappa shape index (κ3) is 5.90. The lowest BCUT2D eigenvalue weighted by Gasteiger charge is -2.17. The van der Waals surface area contributed by atoms with Gasteiger partial charge >= 0.3 is 0 Å². The number of nitrogens with zero attached hydrogens (tertiary/aromatic N) is 1. The van der Waals surface area contributed by atoms with Gasteiger partial charge in [0.25, 0.3) is 0 Å². The van der Waals surface area contributed by atoms with Gasteiger partial charge in [-0.2, -0.15) is 0 Å². The number of nitrogens with one attached hydrogen (secondary N) is 1. The van der Waals surface area contributed by atoms with Crippen molar-refractivity contribution in [3.8, 4) is 17.2 Å². The molecule has 7 heteroatoms. The van der Waals surface area contributed by atoms with Crippen molar-refractivity contribution in [3.63, 3.8) is 0 Å². The van der Waals surface area contributed by atoms with Gasteiger partial charge in [0, 0.05) is 25.2 Å². The fourth-order valence-corrected chi connectivity index (χ4v) is 2.71. The molecule has 7 nitrogen and oxygen atoms in total. The number of likely N-dealkylation sites (N-methyl/N-ethyl adjacent to an activating group) is 1. The average Bonchev–Trinajstić information content (AvgIpc) is 2.71. The molecular formula is C21H26N2O5. The van der Waals surface area contributed by atoms with Gasteiger partial charge in [0.05, 0.1) is 27.9 Å². The van der Waals surface area contributed by atoms with Crippen LogP contribution in [0.5, 0.6) is 17.2 Å². The lowest BCUT2D eigenvalue weighted by atomic mass is 10.1. The fraction of sp³-hybridized carbons (Fsp3) is 0.333. The van der Waals surface area contributed by atoms with E-state index >= 15 is 0 Å². The third-order valence-electron chi connectivity index (χ3n) is 4.26. The lowest BCUT2D eigenvalue weighted by molar-refractivity contribution is -0.133. The molecule has 0 saturated heterocycles. The fourth-order valence-electron chi connectivity index (χ4n) is 2.71. The van der Waals surface area contributed by atoms with Crippen molar-refractivity contribution >= 4 is 17.5 Å². The molecule has 2 aromatic rings. The van der Waals surface area contributed by atoms with E-state index in [0.717, 1.165) is 5.56 Å². The van der Waals surface area contributed by atoms with Crippen molar-refractivity contribution < 1.29 is 23.8 Å². The van der Waals surface area contributed by atoms with Gasteiger partial charge in [-0.05, 0) is 42.3 Å². The summed E-state index contributed by atoms with van der Waals surface area (Å²) < 4.78 is 15.7. The van der Waals surface area contributed by atoms with Gasteiger partial charge in [0.1, 0.15) is 17.2 Å². The van der Waals surface area contributed by atoms with Crippen LogP contribution in [0.25, 0.3) is 0 Å². The second-order valence-electron chi connectivity index (χ2n) is 6.21. The number of amides is 2. The summed E-state index contributed by atoms with van der Waals surface area (Å²) in [6.07, 6.45) is 0.744. The normalized spacial score (nSPS) is 10.1. The highest BCUT2D eigenvalue weighted by molar-refractivity contribution is 5.94. The number of hydrogen-bond acceptors (Lipinski definition) is 5. The minimum Gasteiger partial charge on any atom is -0.497 e. The van der Waals surface area contributed by atoms with E-state index < -0.39 is 0 Å². The quantitative estimate of drug-likeness (QED) is 0.717. The van der Waals surface area contributed by atoms with E-state index in [2.05, 4.69) is 5.32 Å². The Labute approximate surface area is 165 Å². The summed E-state index contributed by atoms with van der Waals surface area (Å²) in [6, 6.07) is 12.5. The number of ether oxygens (including phenoxy) is 3. The average molecular weight is 386 g/mol. The first-order valence-electron chi connectivity index (χ1n) is 8.85. The summed E-state index contributed by atoms with van der Waals surface area (Å²) in [4.78, 5) is 26.0. The summed E-state index contributed by atoms with van der Waals surface area (Å²) in [7, 11) is 6.34. The summed E-state index contributed by atoms with van der Waals surface area (Å²) in [5, 5.41) is 2.76. The van der Waals surface area contributed by atoms with Gasteiger partial charge in [0.2, 0.25) is 11.8 Å². The maximum Gasteiger partial charge on any atom is 0.243 e. The lowest BCUT2D eigenvalue weighted by Crippen LogP contribution is -2.35. The number of methoxy groups -OCH3 is 3. The minimum atomic E-state index is -0.275. The number of rotatable bonds is 9. The largest absolute Gasteiger partial charge is 0.497 e. The van der Waals surface area contributed by atoms with Crippen LogP contribution in [0.4, 0.5) is 5.69 Å². The van der Waals surface area contributed by atoms with E-state index in [-0.39, 0.29) is 24.8 Å². The van der Waals surface area contributed by atoms with Gasteiger partial charge < -0.3 is 24.4 Å². The van der Waals surface area contributed by atoms with Gasteiger partial charge in [-0.25, -0.2) is 0 Å². The van der Waals surface area contributed by atoms with E-state index in [9.17, 15) is 9.59 Å². The van der Waals surface area contributed by atoms with Crippen LogP contribution in [0, 0.1) is 0 Å². The molecule has 150 valence electrons. The highest BCUT2D eigenvalue weighted by Gasteiger charge is 2.15. The zero-order chi connectivity index (χ0) is 20.5. The standard InChI is InChI=1S/C21H26N2O5/c1-23(14-20(24)22-16-6-5-7-17(13-16)26-2)21(25)11-8-15-12-18(27-3)9-10-19(15)28-4/h5-7,9-10,12-13H,8,11,14H2,1-4H3,(H,22,24). The molecule has 0 aromatic heterocycles. The number of aryl methyl sites for hydroxylation is 1. The van der Waals surface area contributed by atoms with Crippen LogP contribution in [0.2, 0.25) is 0 Å². The van der Waals surface area contributed by atoms with Gasteiger partial charge in [-0.15, -0.1) is 0 Å². The highest BCUT2D eigenvalue weighted by Crippen LogP contribution is 2.25. The zero-order valence-electron chi connectivity index (χ0n) is 16.7. The number of anilines is 1. The molecule has 0 unspecified atom stereocenters. The predicted octanol–water partition coefficient (Wildman–Crippen LogP) is 2.74. The summed E-state index contributed by atoms with van der Waals surface area (Å²) in [6.45, 7) is -0.0364. The maximum absolute atomic E-state index is 12.4. The van der Waals surface area contributed by atoms with E-state index in [4.69, 9.17) is 14.2 Å². The van der Waals surface area contributed by atoms with Crippen LogP contribution in [-0.4, -0.2) is 51.6 Å². The molecule has 0 fully saturated rings. The molecular weight excluding hydrogens is 360 g/mol. The van der Waals surface area contributed by atoms with Crippen molar-refractivity contribution in [2.24, 2.45) is 0 Å². The Balaban J connectivity index is 1.89. The van der Waals surface area contributed by atoms with Crippen LogP contribution in [0.15, 0.2) is 42.5 Å². The van der Waals surface area contributed by atoms with E-state index in [1.54, 1.807) is 58.7 Å². The van der Waals surface area contributed by atoms with Crippen molar-refractivity contribution in [2.45, 2.75) is 12.8 Å². The molecule has 0 spiro atoms.